The Kier molecular flexibility index (Phi) is 3.61. The van der Waals surface area contributed by atoms with E-state index in [9.17, 15) is 4.79 Å². The smallest absolute Gasteiger partial charge is 0.255 e. The van der Waals surface area contributed by atoms with E-state index in [1.807, 2.05) is 35.0 Å². The van der Waals surface area contributed by atoms with Crippen molar-refractivity contribution in [3.63, 3.8) is 0 Å². The highest BCUT2D eigenvalue weighted by Crippen LogP contribution is 2.32. The van der Waals surface area contributed by atoms with Gasteiger partial charge in [-0.25, -0.2) is 0 Å². The van der Waals surface area contributed by atoms with E-state index in [1.54, 1.807) is 12.4 Å². The van der Waals surface area contributed by atoms with E-state index in [0.717, 1.165) is 32.7 Å². The monoisotopic (exact) mass is 311 g/mol. The molecule has 2 atom stereocenters. The molecule has 2 aliphatic rings. The molecule has 1 amide bonds. The molecule has 0 radical (unpaired) electrons. The number of fused-ring (bicyclic) bond motifs is 1. The van der Waals surface area contributed by atoms with Crippen LogP contribution in [0.5, 0.6) is 0 Å². The van der Waals surface area contributed by atoms with Gasteiger partial charge in [-0.3, -0.25) is 19.4 Å². The van der Waals surface area contributed by atoms with E-state index in [1.165, 1.54) is 5.56 Å². The summed E-state index contributed by atoms with van der Waals surface area (Å²) >= 11 is 0. The molecule has 2 fully saturated rings. The zero-order chi connectivity index (χ0) is 15.8. The number of rotatable bonds is 3. The minimum Gasteiger partial charge on any atom is -0.338 e. The summed E-state index contributed by atoms with van der Waals surface area (Å²) in [5.41, 5.74) is 1.95. The van der Waals surface area contributed by atoms with Crippen LogP contribution >= 0.6 is 0 Å². The van der Waals surface area contributed by atoms with E-state index < -0.39 is 0 Å². The molecular formula is C17H21N5O. The first kappa shape index (κ1) is 14.4. The fourth-order valence-corrected chi connectivity index (χ4v) is 3.87. The third kappa shape index (κ3) is 2.86. The quantitative estimate of drug-likeness (QED) is 0.849. The van der Waals surface area contributed by atoms with Crippen molar-refractivity contribution in [3.05, 3.63) is 48.0 Å². The predicted octanol–water partition coefficient (Wildman–Crippen LogP) is 1.02. The molecule has 2 aliphatic heterocycles. The summed E-state index contributed by atoms with van der Waals surface area (Å²) in [6.45, 7) is 4.81. The number of carbonyl (C=O) groups is 1. The molecule has 6 heteroatoms. The van der Waals surface area contributed by atoms with Crippen molar-refractivity contribution in [2.24, 2.45) is 18.9 Å². The summed E-state index contributed by atoms with van der Waals surface area (Å²) in [5.74, 6) is 1.30. The number of hydrogen-bond acceptors (Lipinski definition) is 4. The highest BCUT2D eigenvalue weighted by molar-refractivity contribution is 5.94. The van der Waals surface area contributed by atoms with E-state index in [-0.39, 0.29) is 5.91 Å². The Morgan fingerprint density at radius 3 is 2.61 bits per heavy atom. The minimum absolute atomic E-state index is 0.117. The standard InChI is InChI=1S/C17H21N5O/c1-20-7-13(5-19-20)8-21-9-15-11-22(12-16(15)10-21)17(23)14-3-2-4-18-6-14/h2-7,15-16H,8-12H2,1H3/t15-,16+. The second-order valence-electron chi connectivity index (χ2n) is 6.69. The van der Waals surface area contributed by atoms with E-state index in [4.69, 9.17) is 0 Å². The lowest BCUT2D eigenvalue weighted by Gasteiger charge is -2.21. The van der Waals surface area contributed by atoms with Crippen LogP contribution < -0.4 is 0 Å². The molecule has 0 N–H and O–H groups in total. The first-order chi connectivity index (χ1) is 11.2. The predicted molar refractivity (Wildman–Crippen MR) is 85.6 cm³/mol. The van der Waals surface area contributed by atoms with E-state index >= 15 is 0 Å². The van der Waals surface area contributed by atoms with Crippen molar-refractivity contribution >= 4 is 5.91 Å². The van der Waals surface area contributed by atoms with Crippen LogP contribution in [0.2, 0.25) is 0 Å². The van der Waals surface area contributed by atoms with Gasteiger partial charge in [-0.15, -0.1) is 0 Å². The Balaban J connectivity index is 1.36. The van der Waals surface area contributed by atoms with Gasteiger partial charge in [-0.1, -0.05) is 0 Å². The van der Waals surface area contributed by atoms with Crippen LogP contribution in [0.15, 0.2) is 36.9 Å². The number of pyridine rings is 1. The van der Waals surface area contributed by atoms with Crippen molar-refractivity contribution in [1.29, 1.82) is 0 Å². The first-order valence-corrected chi connectivity index (χ1v) is 8.08. The molecule has 0 saturated carbocycles. The third-order valence-electron chi connectivity index (χ3n) is 4.92. The maximum absolute atomic E-state index is 12.5. The van der Waals surface area contributed by atoms with Crippen molar-refractivity contribution in [2.75, 3.05) is 26.2 Å². The van der Waals surface area contributed by atoms with Gasteiger partial charge in [0.25, 0.3) is 5.91 Å². The molecule has 0 bridgehead atoms. The van der Waals surface area contributed by atoms with Crippen LogP contribution in [0.1, 0.15) is 15.9 Å². The molecule has 6 nitrogen and oxygen atoms in total. The zero-order valence-corrected chi connectivity index (χ0v) is 13.3. The van der Waals surface area contributed by atoms with Crippen molar-refractivity contribution in [3.8, 4) is 0 Å². The second kappa shape index (κ2) is 5.77. The molecule has 2 saturated heterocycles. The van der Waals surface area contributed by atoms with Gasteiger partial charge in [0.2, 0.25) is 0 Å². The molecule has 2 aromatic heterocycles. The summed E-state index contributed by atoms with van der Waals surface area (Å²) in [5, 5.41) is 4.23. The van der Waals surface area contributed by atoms with E-state index in [2.05, 4.69) is 21.2 Å². The van der Waals surface area contributed by atoms with Crippen LogP contribution in [0.4, 0.5) is 0 Å². The maximum Gasteiger partial charge on any atom is 0.255 e. The first-order valence-electron chi connectivity index (χ1n) is 8.08. The Bertz CT molecular complexity index is 684. The van der Waals surface area contributed by atoms with Crippen LogP contribution in [0.25, 0.3) is 0 Å². The van der Waals surface area contributed by atoms with Crippen LogP contribution in [0, 0.1) is 11.8 Å². The number of amides is 1. The number of carbonyl (C=O) groups excluding carboxylic acids is 1. The lowest BCUT2D eigenvalue weighted by Crippen LogP contribution is -2.33. The normalized spacial score (nSPS) is 24.1. The lowest BCUT2D eigenvalue weighted by atomic mass is 10.0. The van der Waals surface area contributed by atoms with Gasteiger partial charge >= 0.3 is 0 Å². The van der Waals surface area contributed by atoms with Crippen molar-refractivity contribution in [1.82, 2.24) is 24.6 Å². The maximum atomic E-state index is 12.5. The SMILES string of the molecule is Cn1cc(CN2C[C@@H]3CN(C(=O)c4cccnc4)C[C@@H]3C2)cn1. The highest BCUT2D eigenvalue weighted by Gasteiger charge is 2.41. The molecule has 4 heterocycles. The molecule has 120 valence electrons. The number of aryl methyl sites for hydroxylation is 1. The molecular weight excluding hydrogens is 290 g/mol. The summed E-state index contributed by atoms with van der Waals surface area (Å²) in [7, 11) is 1.95. The minimum atomic E-state index is 0.117. The summed E-state index contributed by atoms with van der Waals surface area (Å²) in [4.78, 5) is 21.0. The van der Waals surface area contributed by atoms with Crippen molar-refractivity contribution in [2.45, 2.75) is 6.54 Å². The van der Waals surface area contributed by atoms with Gasteiger partial charge in [0.1, 0.15) is 0 Å². The highest BCUT2D eigenvalue weighted by atomic mass is 16.2. The Labute approximate surface area is 135 Å². The molecule has 23 heavy (non-hydrogen) atoms. The molecule has 0 aliphatic carbocycles. The summed E-state index contributed by atoms with van der Waals surface area (Å²) in [6.07, 6.45) is 7.37. The van der Waals surface area contributed by atoms with Crippen LogP contribution in [-0.2, 0) is 13.6 Å². The number of likely N-dealkylation sites (tertiary alicyclic amines) is 2. The summed E-state index contributed by atoms with van der Waals surface area (Å²) < 4.78 is 1.85. The van der Waals surface area contributed by atoms with E-state index in [0.29, 0.717) is 17.4 Å². The van der Waals surface area contributed by atoms with Crippen LogP contribution in [-0.4, -0.2) is 56.7 Å². The number of aromatic nitrogens is 3. The second-order valence-corrected chi connectivity index (χ2v) is 6.69. The Morgan fingerprint density at radius 1 is 1.22 bits per heavy atom. The number of nitrogens with zero attached hydrogens (tertiary/aromatic N) is 5. The Hall–Kier alpha value is -2.21. The molecule has 0 spiro atoms. The average Bonchev–Trinajstić information content (AvgIpc) is 3.22. The van der Waals surface area contributed by atoms with Gasteiger partial charge in [0.05, 0.1) is 11.8 Å². The molecule has 0 unspecified atom stereocenters. The van der Waals surface area contributed by atoms with Gasteiger partial charge in [0, 0.05) is 63.9 Å². The molecule has 0 aromatic carbocycles. The largest absolute Gasteiger partial charge is 0.338 e. The topological polar surface area (TPSA) is 54.3 Å². The molecule has 4 rings (SSSR count). The lowest BCUT2D eigenvalue weighted by molar-refractivity contribution is 0.0773. The Morgan fingerprint density at radius 2 is 2.00 bits per heavy atom. The van der Waals surface area contributed by atoms with Gasteiger partial charge in [-0.05, 0) is 24.0 Å². The fourth-order valence-electron chi connectivity index (χ4n) is 3.87. The summed E-state index contributed by atoms with van der Waals surface area (Å²) in [6, 6.07) is 3.66. The fraction of sp³-hybridized carbons (Fsp3) is 0.471. The molecule has 2 aromatic rings. The van der Waals surface area contributed by atoms with Gasteiger partial charge in [0.15, 0.2) is 0 Å². The van der Waals surface area contributed by atoms with Gasteiger partial charge in [-0.2, -0.15) is 5.10 Å². The number of hydrogen-bond donors (Lipinski definition) is 0. The third-order valence-corrected chi connectivity index (χ3v) is 4.92. The average molecular weight is 311 g/mol. The zero-order valence-electron chi connectivity index (χ0n) is 13.3. The van der Waals surface area contributed by atoms with Gasteiger partial charge < -0.3 is 4.90 Å². The van der Waals surface area contributed by atoms with Crippen LogP contribution in [0.3, 0.4) is 0 Å². The van der Waals surface area contributed by atoms with Crippen molar-refractivity contribution < 1.29 is 4.79 Å².